The lowest BCUT2D eigenvalue weighted by molar-refractivity contribution is -0.133. The van der Waals surface area contributed by atoms with Crippen molar-refractivity contribution in [2.24, 2.45) is 0 Å². The minimum absolute atomic E-state index is 0.293. The van der Waals surface area contributed by atoms with Crippen molar-refractivity contribution in [2.45, 2.75) is 6.92 Å². The van der Waals surface area contributed by atoms with E-state index in [0.29, 0.717) is 10.7 Å². The second-order valence-corrected chi connectivity index (χ2v) is 2.89. The van der Waals surface area contributed by atoms with Gasteiger partial charge in [0.15, 0.2) is 0 Å². The zero-order valence-corrected chi connectivity index (χ0v) is 8.55. The molecule has 3 nitrogen and oxygen atoms in total. The minimum Gasteiger partial charge on any atom is -0.459 e. The molecule has 0 bridgehead atoms. The monoisotopic (exact) mass is 209 g/mol. The standard InChI is InChI=1S/C10H8ClNO2/c1-7-5-6-12-10(11)8(7)3-4-9(13)14-2/h5-6H,1-2H3. The van der Waals surface area contributed by atoms with Crippen molar-refractivity contribution in [2.75, 3.05) is 7.11 Å². The number of hydrogen-bond donors (Lipinski definition) is 0. The van der Waals surface area contributed by atoms with Gasteiger partial charge in [0, 0.05) is 12.1 Å². The van der Waals surface area contributed by atoms with Crippen LogP contribution in [0.15, 0.2) is 12.3 Å². The Morgan fingerprint density at radius 1 is 1.64 bits per heavy atom. The first kappa shape index (κ1) is 10.6. The van der Waals surface area contributed by atoms with E-state index in [2.05, 4.69) is 21.6 Å². The van der Waals surface area contributed by atoms with E-state index in [-0.39, 0.29) is 0 Å². The van der Waals surface area contributed by atoms with Crippen LogP contribution in [-0.4, -0.2) is 18.1 Å². The molecular formula is C10H8ClNO2. The summed E-state index contributed by atoms with van der Waals surface area (Å²) in [5.74, 6) is 4.31. The summed E-state index contributed by atoms with van der Waals surface area (Å²) < 4.78 is 4.38. The van der Waals surface area contributed by atoms with E-state index >= 15 is 0 Å². The van der Waals surface area contributed by atoms with Gasteiger partial charge in [0.2, 0.25) is 0 Å². The second kappa shape index (κ2) is 4.64. The molecule has 0 atom stereocenters. The molecule has 0 saturated heterocycles. The molecule has 0 fully saturated rings. The molecule has 0 unspecified atom stereocenters. The van der Waals surface area contributed by atoms with Gasteiger partial charge in [-0.3, -0.25) is 0 Å². The predicted octanol–water partition coefficient (Wildman–Crippen LogP) is 1.57. The van der Waals surface area contributed by atoms with Crippen LogP contribution in [0.1, 0.15) is 11.1 Å². The van der Waals surface area contributed by atoms with Crippen molar-refractivity contribution in [1.29, 1.82) is 0 Å². The molecule has 0 radical (unpaired) electrons. The lowest BCUT2D eigenvalue weighted by atomic mass is 10.2. The van der Waals surface area contributed by atoms with Crippen molar-refractivity contribution in [3.63, 3.8) is 0 Å². The van der Waals surface area contributed by atoms with Crippen molar-refractivity contribution >= 4 is 17.6 Å². The minimum atomic E-state index is -0.593. The third kappa shape index (κ3) is 2.48. The van der Waals surface area contributed by atoms with E-state index in [4.69, 9.17) is 11.6 Å². The molecule has 1 aromatic heterocycles. The van der Waals surface area contributed by atoms with Gasteiger partial charge in [-0.2, -0.15) is 0 Å². The first-order valence-corrected chi connectivity index (χ1v) is 4.24. The fraction of sp³-hybridized carbons (Fsp3) is 0.200. The van der Waals surface area contributed by atoms with Gasteiger partial charge < -0.3 is 4.74 Å². The predicted molar refractivity (Wildman–Crippen MR) is 52.9 cm³/mol. The van der Waals surface area contributed by atoms with E-state index in [1.807, 2.05) is 6.92 Å². The van der Waals surface area contributed by atoms with Gasteiger partial charge in [-0.25, -0.2) is 9.78 Å². The molecule has 0 N–H and O–H groups in total. The van der Waals surface area contributed by atoms with Crippen molar-refractivity contribution in [3.05, 3.63) is 28.5 Å². The van der Waals surface area contributed by atoms with Gasteiger partial charge in [-0.05, 0) is 18.6 Å². The van der Waals surface area contributed by atoms with Gasteiger partial charge in [0.1, 0.15) is 5.15 Å². The highest BCUT2D eigenvalue weighted by Gasteiger charge is 2.01. The Bertz CT molecular complexity index is 398. The van der Waals surface area contributed by atoms with Crippen LogP contribution < -0.4 is 0 Å². The van der Waals surface area contributed by atoms with Crippen LogP contribution >= 0.6 is 11.6 Å². The number of aryl methyl sites for hydroxylation is 1. The molecule has 0 aliphatic heterocycles. The molecule has 0 saturated carbocycles. The molecule has 0 aliphatic carbocycles. The number of ether oxygens (including phenoxy) is 1. The van der Waals surface area contributed by atoms with Gasteiger partial charge in [-0.15, -0.1) is 0 Å². The Morgan fingerprint density at radius 2 is 2.36 bits per heavy atom. The number of methoxy groups -OCH3 is 1. The number of hydrogen-bond acceptors (Lipinski definition) is 3. The topological polar surface area (TPSA) is 39.2 Å². The molecule has 0 amide bonds. The van der Waals surface area contributed by atoms with E-state index in [0.717, 1.165) is 5.56 Å². The van der Waals surface area contributed by atoms with Crippen LogP contribution in [0.3, 0.4) is 0 Å². The number of rotatable bonds is 0. The summed E-state index contributed by atoms with van der Waals surface area (Å²) in [6.45, 7) is 1.84. The highest BCUT2D eigenvalue weighted by atomic mass is 35.5. The number of aromatic nitrogens is 1. The third-order valence-corrected chi connectivity index (χ3v) is 1.87. The third-order valence-electron chi connectivity index (χ3n) is 1.59. The summed E-state index contributed by atoms with van der Waals surface area (Å²) in [5.41, 5.74) is 1.43. The molecule has 1 heterocycles. The Kier molecular flexibility index (Phi) is 3.49. The Morgan fingerprint density at radius 3 is 2.93 bits per heavy atom. The maximum atomic E-state index is 10.7. The quantitative estimate of drug-likeness (QED) is 0.370. The number of pyridine rings is 1. The Hall–Kier alpha value is -1.53. The maximum Gasteiger partial charge on any atom is 0.384 e. The van der Waals surface area contributed by atoms with E-state index in [9.17, 15) is 4.79 Å². The zero-order valence-electron chi connectivity index (χ0n) is 7.80. The first-order chi connectivity index (χ1) is 6.65. The van der Waals surface area contributed by atoms with Crippen molar-refractivity contribution in [1.82, 2.24) is 4.98 Å². The number of halogens is 1. The summed E-state index contributed by atoms with van der Waals surface area (Å²) in [5, 5.41) is 0.293. The highest BCUT2D eigenvalue weighted by molar-refractivity contribution is 6.30. The number of esters is 1. The smallest absolute Gasteiger partial charge is 0.384 e. The number of nitrogens with zero attached hydrogens (tertiary/aromatic N) is 1. The van der Waals surface area contributed by atoms with Crippen LogP contribution in [0.4, 0.5) is 0 Å². The van der Waals surface area contributed by atoms with Crippen LogP contribution in [0.25, 0.3) is 0 Å². The van der Waals surface area contributed by atoms with Crippen LogP contribution in [0.5, 0.6) is 0 Å². The second-order valence-electron chi connectivity index (χ2n) is 2.54. The maximum absolute atomic E-state index is 10.7. The molecule has 4 heteroatoms. The summed E-state index contributed by atoms with van der Waals surface area (Å²) >= 11 is 5.79. The summed E-state index contributed by atoms with van der Waals surface area (Å²) in [4.78, 5) is 14.6. The molecule has 1 rings (SSSR count). The number of carbonyl (C=O) groups is 1. The molecule has 72 valence electrons. The van der Waals surface area contributed by atoms with E-state index in [1.54, 1.807) is 12.3 Å². The highest BCUT2D eigenvalue weighted by Crippen LogP contribution is 2.14. The van der Waals surface area contributed by atoms with Crippen LogP contribution in [-0.2, 0) is 9.53 Å². The van der Waals surface area contributed by atoms with Gasteiger partial charge in [-0.1, -0.05) is 17.5 Å². The fourth-order valence-electron chi connectivity index (χ4n) is 0.840. The Balaban J connectivity index is 3.06. The molecule has 1 aromatic rings. The van der Waals surface area contributed by atoms with Crippen LogP contribution in [0, 0.1) is 18.8 Å². The fourth-order valence-corrected chi connectivity index (χ4v) is 1.09. The molecule has 0 aliphatic rings. The average Bonchev–Trinajstić information content (AvgIpc) is 2.16. The van der Waals surface area contributed by atoms with E-state index in [1.165, 1.54) is 7.11 Å². The molecule has 14 heavy (non-hydrogen) atoms. The molecule has 0 aromatic carbocycles. The van der Waals surface area contributed by atoms with Crippen molar-refractivity contribution < 1.29 is 9.53 Å². The normalized spacial score (nSPS) is 8.79. The molecule has 0 spiro atoms. The zero-order chi connectivity index (χ0) is 10.6. The van der Waals surface area contributed by atoms with Crippen molar-refractivity contribution in [3.8, 4) is 11.8 Å². The first-order valence-electron chi connectivity index (χ1n) is 3.86. The van der Waals surface area contributed by atoms with Gasteiger partial charge in [0.25, 0.3) is 0 Å². The van der Waals surface area contributed by atoms with Gasteiger partial charge in [0.05, 0.1) is 12.7 Å². The summed E-state index contributed by atoms with van der Waals surface area (Å²) in [7, 11) is 1.27. The lowest BCUT2D eigenvalue weighted by Gasteiger charge is -1.97. The average molecular weight is 210 g/mol. The number of carbonyl (C=O) groups excluding carboxylic acids is 1. The molecular weight excluding hydrogens is 202 g/mol. The summed E-state index contributed by atoms with van der Waals surface area (Å²) in [6, 6.07) is 1.77. The van der Waals surface area contributed by atoms with Crippen LogP contribution in [0.2, 0.25) is 5.15 Å². The summed E-state index contributed by atoms with van der Waals surface area (Å²) in [6.07, 6.45) is 1.58. The SMILES string of the molecule is COC(=O)C#Cc1c(C)ccnc1Cl. The Labute approximate surface area is 87.1 Å². The lowest BCUT2D eigenvalue weighted by Crippen LogP contribution is -1.95. The van der Waals surface area contributed by atoms with Gasteiger partial charge >= 0.3 is 5.97 Å². The van der Waals surface area contributed by atoms with E-state index < -0.39 is 5.97 Å². The largest absolute Gasteiger partial charge is 0.459 e.